The molecule has 0 radical (unpaired) electrons. The molecule has 0 unspecified atom stereocenters. The quantitative estimate of drug-likeness (QED) is 0.665. The van der Waals surface area contributed by atoms with E-state index in [9.17, 15) is 0 Å². The number of imidazole rings is 1. The van der Waals surface area contributed by atoms with E-state index in [4.69, 9.17) is 0 Å². The highest BCUT2D eigenvalue weighted by molar-refractivity contribution is 6.79. The van der Waals surface area contributed by atoms with Crippen molar-refractivity contribution in [2.75, 3.05) is 0 Å². The maximum absolute atomic E-state index is 4.07. The van der Waals surface area contributed by atoms with Crippen molar-refractivity contribution in [3.63, 3.8) is 0 Å². The minimum absolute atomic E-state index is 0.456. The van der Waals surface area contributed by atoms with Crippen molar-refractivity contribution in [2.45, 2.75) is 45.1 Å². The third kappa shape index (κ3) is 2.43. The highest BCUT2D eigenvalue weighted by Crippen LogP contribution is 2.36. The Kier molecular flexibility index (Phi) is 2.66. The van der Waals surface area contributed by atoms with Crippen LogP contribution in [0.15, 0.2) is 18.7 Å². The lowest BCUT2D eigenvalue weighted by Crippen LogP contribution is -2.41. The van der Waals surface area contributed by atoms with Gasteiger partial charge in [0.2, 0.25) is 0 Å². The third-order valence-corrected chi connectivity index (χ3v) is 8.38. The fourth-order valence-electron chi connectivity index (χ4n) is 1.07. The molecule has 1 rings (SSSR count). The van der Waals surface area contributed by atoms with Crippen molar-refractivity contribution in [2.24, 2.45) is 0 Å². The van der Waals surface area contributed by atoms with Gasteiger partial charge in [0.15, 0.2) is 0 Å². The lowest BCUT2D eigenvalue weighted by atomic mass is 10.2. The summed E-state index contributed by atoms with van der Waals surface area (Å²) in [6.07, 6.45) is 6.99. The molecular formula is C10H20N2Si. The molecule has 0 aliphatic carbocycles. The molecule has 13 heavy (non-hydrogen) atoms. The maximum atomic E-state index is 4.07. The van der Waals surface area contributed by atoms with Crippen LogP contribution in [0.4, 0.5) is 0 Å². The van der Waals surface area contributed by atoms with E-state index in [1.54, 1.807) is 0 Å². The fourth-order valence-corrected chi connectivity index (χ4v) is 2.65. The molecule has 2 nitrogen and oxygen atoms in total. The summed E-state index contributed by atoms with van der Waals surface area (Å²) in [7, 11) is -1.19. The minimum atomic E-state index is -1.19. The first kappa shape index (κ1) is 10.5. The fraction of sp³-hybridized carbons (Fsp3) is 0.700. The third-order valence-electron chi connectivity index (χ3n) is 3.17. The summed E-state index contributed by atoms with van der Waals surface area (Å²) in [5.41, 5.74) is 0. The molecule has 0 N–H and O–H groups in total. The Balaban J connectivity index is 2.73. The molecule has 1 aromatic rings. The average molecular weight is 196 g/mol. The van der Waals surface area contributed by atoms with Gasteiger partial charge in [-0.15, -0.1) is 0 Å². The predicted octanol–water partition coefficient (Wildman–Crippen LogP) is 2.93. The molecule has 0 saturated carbocycles. The van der Waals surface area contributed by atoms with Gasteiger partial charge in [0, 0.05) is 18.6 Å². The van der Waals surface area contributed by atoms with Crippen LogP contribution in [0.1, 0.15) is 20.8 Å². The first-order valence-corrected chi connectivity index (χ1v) is 7.99. The van der Waals surface area contributed by atoms with E-state index in [-0.39, 0.29) is 0 Å². The summed E-state index contributed by atoms with van der Waals surface area (Å²) in [6, 6.07) is 0. The molecule has 0 bridgehead atoms. The first-order valence-electron chi connectivity index (χ1n) is 4.79. The second-order valence-corrected chi connectivity index (χ2v) is 11.0. The second kappa shape index (κ2) is 3.29. The summed E-state index contributed by atoms with van der Waals surface area (Å²) in [5, 5.41) is 0.456. The smallest absolute Gasteiger partial charge is 0.0943 e. The molecule has 0 aliphatic heterocycles. The molecule has 1 aromatic heterocycles. The van der Waals surface area contributed by atoms with Gasteiger partial charge in [-0.25, -0.2) is 4.98 Å². The Morgan fingerprint density at radius 3 is 2.31 bits per heavy atom. The van der Waals surface area contributed by atoms with E-state index in [0.717, 1.165) is 6.17 Å². The zero-order chi connectivity index (χ0) is 10.1. The molecule has 3 heteroatoms. The van der Waals surface area contributed by atoms with Crippen LogP contribution >= 0.6 is 0 Å². The molecule has 0 atom stereocenters. The van der Waals surface area contributed by atoms with Crippen LogP contribution in [-0.4, -0.2) is 17.6 Å². The number of rotatable bonds is 2. The van der Waals surface area contributed by atoms with Gasteiger partial charge < -0.3 is 4.57 Å². The SMILES string of the molecule is CC(C)(C)[Si](C)(C)Cn1ccnc1. The highest BCUT2D eigenvalue weighted by Gasteiger charge is 2.35. The average Bonchev–Trinajstić information content (AvgIpc) is 2.35. The minimum Gasteiger partial charge on any atom is -0.340 e. The number of hydrogen-bond donors (Lipinski definition) is 0. The van der Waals surface area contributed by atoms with Crippen LogP contribution in [0, 0.1) is 0 Å². The van der Waals surface area contributed by atoms with Gasteiger partial charge in [0.05, 0.1) is 14.4 Å². The highest BCUT2D eigenvalue weighted by atomic mass is 28.3. The molecule has 1 heterocycles. The van der Waals surface area contributed by atoms with E-state index < -0.39 is 8.07 Å². The van der Waals surface area contributed by atoms with Crippen LogP contribution in [0.5, 0.6) is 0 Å². The van der Waals surface area contributed by atoms with E-state index in [1.807, 2.05) is 12.5 Å². The normalized spacial score (nSPS) is 13.3. The molecule has 0 amide bonds. The van der Waals surface area contributed by atoms with Crippen LogP contribution in [-0.2, 0) is 6.17 Å². The Morgan fingerprint density at radius 2 is 1.92 bits per heavy atom. The standard InChI is InChI=1S/C10H20N2Si/c1-10(2,3)13(4,5)9-12-7-6-11-8-12/h6-8H,9H2,1-5H3. The van der Waals surface area contributed by atoms with Gasteiger partial charge >= 0.3 is 0 Å². The van der Waals surface area contributed by atoms with Crippen LogP contribution < -0.4 is 0 Å². The molecule has 74 valence electrons. The maximum Gasteiger partial charge on any atom is 0.0943 e. The molecular weight excluding hydrogens is 176 g/mol. The van der Waals surface area contributed by atoms with Gasteiger partial charge in [-0.1, -0.05) is 33.9 Å². The van der Waals surface area contributed by atoms with Crippen LogP contribution in [0.3, 0.4) is 0 Å². The Bertz CT molecular complexity index is 257. The number of hydrogen-bond acceptors (Lipinski definition) is 1. The zero-order valence-electron chi connectivity index (χ0n) is 9.33. The van der Waals surface area contributed by atoms with Gasteiger partial charge in [-0.05, 0) is 5.04 Å². The van der Waals surface area contributed by atoms with Crippen molar-refractivity contribution in [3.05, 3.63) is 18.7 Å². The zero-order valence-corrected chi connectivity index (χ0v) is 10.3. The first-order chi connectivity index (χ1) is 5.83. The second-order valence-electron chi connectivity index (χ2n) is 5.37. The lowest BCUT2D eigenvalue weighted by molar-refractivity contribution is 0.685. The molecule has 0 aromatic carbocycles. The van der Waals surface area contributed by atoms with Crippen molar-refractivity contribution < 1.29 is 0 Å². The Morgan fingerprint density at radius 1 is 1.31 bits per heavy atom. The van der Waals surface area contributed by atoms with Crippen LogP contribution in [0.2, 0.25) is 18.1 Å². The molecule has 0 fully saturated rings. The van der Waals surface area contributed by atoms with Gasteiger partial charge in [0.25, 0.3) is 0 Å². The van der Waals surface area contributed by atoms with Gasteiger partial charge in [-0.3, -0.25) is 0 Å². The number of aromatic nitrogens is 2. The summed E-state index contributed by atoms with van der Waals surface area (Å²) in [6.45, 7) is 11.9. The molecule has 0 saturated heterocycles. The van der Waals surface area contributed by atoms with E-state index in [1.165, 1.54) is 0 Å². The van der Waals surface area contributed by atoms with Crippen molar-refractivity contribution in [3.8, 4) is 0 Å². The predicted molar refractivity (Wildman–Crippen MR) is 59.4 cm³/mol. The summed E-state index contributed by atoms with van der Waals surface area (Å²) >= 11 is 0. The Hall–Kier alpha value is -0.573. The van der Waals surface area contributed by atoms with Gasteiger partial charge in [-0.2, -0.15) is 0 Å². The van der Waals surface area contributed by atoms with E-state index in [0.29, 0.717) is 5.04 Å². The summed E-state index contributed by atoms with van der Waals surface area (Å²) in [5.74, 6) is 0. The van der Waals surface area contributed by atoms with Gasteiger partial charge in [0.1, 0.15) is 0 Å². The monoisotopic (exact) mass is 196 g/mol. The topological polar surface area (TPSA) is 17.8 Å². The summed E-state index contributed by atoms with van der Waals surface area (Å²) in [4.78, 5) is 4.07. The Labute approximate surface area is 82.0 Å². The van der Waals surface area contributed by atoms with Crippen molar-refractivity contribution >= 4 is 8.07 Å². The lowest BCUT2D eigenvalue weighted by Gasteiger charge is -2.37. The van der Waals surface area contributed by atoms with E-state index in [2.05, 4.69) is 49.6 Å². The molecule has 0 aliphatic rings. The largest absolute Gasteiger partial charge is 0.340 e. The van der Waals surface area contributed by atoms with Crippen LogP contribution in [0.25, 0.3) is 0 Å². The van der Waals surface area contributed by atoms with Crippen molar-refractivity contribution in [1.29, 1.82) is 0 Å². The number of nitrogens with zero attached hydrogens (tertiary/aromatic N) is 2. The summed E-state index contributed by atoms with van der Waals surface area (Å²) < 4.78 is 2.21. The van der Waals surface area contributed by atoms with E-state index >= 15 is 0 Å². The van der Waals surface area contributed by atoms with Crippen molar-refractivity contribution in [1.82, 2.24) is 9.55 Å². The molecule has 0 spiro atoms.